The van der Waals surface area contributed by atoms with Gasteiger partial charge in [0.25, 0.3) is 0 Å². The van der Waals surface area contributed by atoms with Crippen molar-refractivity contribution < 1.29 is 14.3 Å². The highest BCUT2D eigenvalue weighted by Gasteiger charge is 2.13. The minimum absolute atomic E-state index is 0.279. The van der Waals surface area contributed by atoms with E-state index in [4.69, 9.17) is 9.47 Å². The van der Waals surface area contributed by atoms with Crippen molar-refractivity contribution in [3.8, 4) is 22.6 Å². The Morgan fingerprint density at radius 2 is 1.79 bits per heavy atom. The molecule has 0 fully saturated rings. The van der Waals surface area contributed by atoms with Gasteiger partial charge in [0.15, 0.2) is 11.5 Å². The summed E-state index contributed by atoms with van der Waals surface area (Å²) in [5, 5.41) is 0. The third kappa shape index (κ3) is 2.36. The molecular weight excluding hydrogens is 240 g/mol. The lowest BCUT2D eigenvalue weighted by Gasteiger charge is -2.04. The predicted molar refractivity (Wildman–Crippen MR) is 73.1 cm³/mol. The lowest BCUT2D eigenvalue weighted by Crippen LogP contribution is -1.92. The van der Waals surface area contributed by atoms with Gasteiger partial charge in [0, 0.05) is 0 Å². The Hall–Kier alpha value is -2.55. The van der Waals surface area contributed by atoms with Crippen molar-refractivity contribution in [3.05, 3.63) is 54.1 Å². The van der Waals surface area contributed by atoms with Gasteiger partial charge in [0.2, 0.25) is 6.79 Å². The summed E-state index contributed by atoms with van der Waals surface area (Å²) < 4.78 is 10.7. The van der Waals surface area contributed by atoms with Gasteiger partial charge in [-0.05, 0) is 41.0 Å². The average Bonchev–Trinajstić information content (AvgIpc) is 2.92. The fourth-order valence-corrected chi connectivity index (χ4v) is 2.05. The quantitative estimate of drug-likeness (QED) is 0.621. The minimum atomic E-state index is 0.279. The maximum absolute atomic E-state index is 10.3. The first kappa shape index (κ1) is 11.5. The molecule has 0 aromatic heterocycles. The van der Waals surface area contributed by atoms with Gasteiger partial charge >= 0.3 is 0 Å². The molecule has 0 N–H and O–H groups in total. The first-order valence-electron chi connectivity index (χ1n) is 5.99. The van der Waals surface area contributed by atoms with Crippen LogP contribution in [0.25, 0.3) is 17.2 Å². The topological polar surface area (TPSA) is 35.5 Å². The molecule has 0 radical (unpaired) electrons. The third-order valence-corrected chi connectivity index (χ3v) is 2.96. The number of allylic oxidation sites excluding steroid dienone is 1. The van der Waals surface area contributed by atoms with Crippen molar-refractivity contribution >= 4 is 12.4 Å². The normalized spacial score (nSPS) is 12.8. The molecule has 0 bridgehead atoms. The SMILES string of the molecule is O=CC=Cc1cccc(-c2ccc3c(c2)OCO3)c1. The van der Waals surface area contributed by atoms with E-state index in [2.05, 4.69) is 0 Å². The van der Waals surface area contributed by atoms with E-state index < -0.39 is 0 Å². The number of aldehydes is 1. The van der Waals surface area contributed by atoms with Gasteiger partial charge in [-0.3, -0.25) is 4.79 Å². The molecule has 0 aliphatic carbocycles. The summed E-state index contributed by atoms with van der Waals surface area (Å²) >= 11 is 0. The van der Waals surface area contributed by atoms with E-state index >= 15 is 0 Å². The van der Waals surface area contributed by atoms with Gasteiger partial charge in [-0.15, -0.1) is 0 Å². The van der Waals surface area contributed by atoms with Gasteiger partial charge < -0.3 is 9.47 Å². The van der Waals surface area contributed by atoms with Crippen molar-refractivity contribution in [1.82, 2.24) is 0 Å². The first-order chi connectivity index (χ1) is 9.36. The highest BCUT2D eigenvalue weighted by molar-refractivity contribution is 5.76. The van der Waals surface area contributed by atoms with Gasteiger partial charge in [0.05, 0.1) is 0 Å². The summed E-state index contributed by atoms with van der Waals surface area (Å²) in [4.78, 5) is 10.3. The fourth-order valence-electron chi connectivity index (χ4n) is 2.05. The molecule has 0 spiro atoms. The van der Waals surface area contributed by atoms with Crippen LogP contribution in [0.1, 0.15) is 5.56 Å². The molecule has 1 aliphatic rings. The van der Waals surface area contributed by atoms with Crippen LogP contribution < -0.4 is 9.47 Å². The van der Waals surface area contributed by atoms with E-state index in [0.717, 1.165) is 34.5 Å². The molecule has 0 saturated heterocycles. The van der Waals surface area contributed by atoms with E-state index in [1.165, 1.54) is 6.08 Å². The molecule has 3 heteroatoms. The van der Waals surface area contributed by atoms with Crippen LogP contribution in [0.3, 0.4) is 0 Å². The molecule has 3 nitrogen and oxygen atoms in total. The van der Waals surface area contributed by atoms with E-state index in [1.807, 2.05) is 42.5 Å². The molecule has 0 amide bonds. The number of hydrogen-bond donors (Lipinski definition) is 0. The highest BCUT2D eigenvalue weighted by atomic mass is 16.7. The number of hydrogen-bond acceptors (Lipinski definition) is 3. The summed E-state index contributed by atoms with van der Waals surface area (Å²) in [5.74, 6) is 1.55. The van der Waals surface area contributed by atoms with Crippen LogP contribution in [-0.4, -0.2) is 13.1 Å². The largest absolute Gasteiger partial charge is 0.454 e. The monoisotopic (exact) mass is 252 g/mol. The Morgan fingerprint density at radius 1 is 0.947 bits per heavy atom. The Labute approximate surface area is 111 Å². The molecule has 19 heavy (non-hydrogen) atoms. The number of ether oxygens (including phenoxy) is 2. The van der Waals surface area contributed by atoms with Gasteiger partial charge in [0.1, 0.15) is 6.29 Å². The smallest absolute Gasteiger partial charge is 0.231 e. The van der Waals surface area contributed by atoms with Crippen molar-refractivity contribution in [2.45, 2.75) is 0 Å². The second-order valence-electron chi connectivity index (χ2n) is 4.19. The minimum Gasteiger partial charge on any atom is -0.454 e. The number of carbonyl (C=O) groups excluding carboxylic acids is 1. The van der Waals surface area contributed by atoms with E-state index in [0.29, 0.717) is 0 Å². The first-order valence-corrected chi connectivity index (χ1v) is 5.99. The lowest BCUT2D eigenvalue weighted by molar-refractivity contribution is -0.104. The van der Waals surface area contributed by atoms with E-state index in [-0.39, 0.29) is 6.79 Å². The summed E-state index contributed by atoms with van der Waals surface area (Å²) in [6.07, 6.45) is 4.04. The fraction of sp³-hybridized carbons (Fsp3) is 0.0625. The molecule has 1 heterocycles. The predicted octanol–water partition coefficient (Wildman–Crippen LogP) is 3.29. The zero-order chi connectivity index (χ0) is 13.1. The van der Waals surface area contributed by atoms with E-state index in [9.17, 15) is 4.79 Å². The molecule has 94 valence electrons. The second kappa shape index (κ2) is 4.98. The maximum atomic E-state index is 10.3. The van der Waals surface area contributed by atoms with Crippen LogP contribution in [0.2, 0.25) is 0 Å². The van der Waals surface area contributed by atoms with Crippen LogP contribution in [0.15, 0.2) is 48.5 Å². The van der Waals surface area contributed by atoms with Gasteiger partial charge in [-0.25, -0.2) is 0 Å². The van der Waals surface area contributed by atoms with Crippen molar-refractivity contribution in [2.75, 3.05) is 6.79 Å². The van der Waals surface area contributed by atoms with Gasteiger partial charge in [-0.1, -0.05) is 30.3 Å². The summed E-state index contributed by atoms with van der Waals surface area (Å²) in [7, 11) is 0. The summed E-state index contributed by atoms with van der Waals surface area (Å²) in [6.45, 7) is 0.279. The number of carbonyl (C=O) groups is 1. The second-order valence-corrected chi connectivity index (χ2v) is 4.19. The van der Waals surface area contributed by atoms with Crippen LogP contribution >= 0.6 is 0 Å². The standard InChI is InChI=1S/C16H12O3/c17-8-2-4-12-3-1-5-13(9-12)14-6-7-15-16(10-14)19-11-18-15/h1-10H,11H2. The summed E-state index contributed by atoms with van der Waals surface area (Å²) in [6, 6.07) is 13.8. The number of rotatable bonds is 3. The Morgan fingerprint density at radius 3 is 2.68 bits per heavy atom. The van der Waals surface area contributed by atoms with Crippen molar-refractivity contribution in [2.24, 2.45) is 0 Å². The molecule has 2 aromatic rings. The highest BCUT2D eigenvalue weighted by Crippen LogP contribution is 2.36. The molecule has 0 atom stereocenters. The molecule has 2 aromatic carbocycles. The molecule has 1 aliphatic heterocycles. The molecule has 0 saturated carbocycles. The Kier molecular flexibility index (Phi) is 3.02. The van der Waals surface area contributed by atoms with Gasteiger partial charge in [-0.2, -0.15) is 0 Å². The molecule has 3 rings (SSSR count). The maximum Gasteiger partial charge on any atom is 0.231 e. The molecule has 0 unspecified atom stereocenters. The number of benzene rings is 2. The van der Waals surface area contributed by atoms with Crippen LogP contribution in [0.4, 0.5) is 0 Å². The molecular formula is C16H12O3. The third-order valence-electron chi connectivity index (χ3n) is 2.96. The van der Waals surface area contributed by atoms with E-state index in [1.54, 1.807) is 6.08 Å². The van der Waals surface area contributed by atoms with Crippen LogP contribution in [0, 0.1) is 0 Å². The number of fused-ring (bicyclic) bond motifs is 1. The Bertz CT molecular complexity index is 644. The lowest BCUT2D eigenvalue weighted by atomic mass is 10.0. The zero-order valence-electron chi connectivity index (χ0n) is 10.2. The summed E-state index contributed by atoms with van der Waals surface area (Å²) in [5.41, 5.74) is 3.12. The van der Waals surface area contributed by atoms with Crippen LogP contribution in [0.5, 0.6) is 11.5 Å². The Balaban J connectivity index is 1.97. The average molecular weight is 252 g/mol. The zero-order valence-corrected chi connectivity index (χ0v) is 10.2. The van der Waals surface area contributed by atoms with Crippen molar-refractivity contribution in [3.63, 3.8) is 0 Å². The van der Waals surface area contributed by atoms with Crippen LogP contribution in [-0.2, 0) is 4.79 Å². The van der Waals surface area contributed by atoms with Crippen molar-refractivity contribution in [1.29, 1.82) is 0 Å².